The lowest BCUT2D eigenvalue weighted by atomic mass is 10.0. The molecule has 1 aliphatic heterocycles. The van der Waals surface area contributed by atoms with E-state index < -0.39 is 6.36 Å². The fourth-order valence-corrected chi connectivity index (χ4v) is 4.46. The number of aromatic amines is 1. The van der Waals surface area contributed by atoms with Gasteiger partial charge in [0.05, 0.1) is 16.8 Å². The molecule has 2 fully saturated rings. The third-order valence-electron chi connectivity index (χ3n) is 5.68. The van der Waals surface area contributed by atoms with Crippen LogP contribution in [0.5, 0.6) is 5.75 Å². The summed E-state index contributed by atoms with van der Waals surface area (Å²) in [7, 11) is 0. The second-order valence-corrected chi connectivity index (χ2v) is 7.71. The standard InChI is InChI=1S/C19H20ClF3N3O/c1-11(18-17(20)8-24-25-18)26-9-15-14(16(15)10-26)6-5-12-3-2-4-13(7-12)27-19(21,22)23/h2-5,7-8,11,14-16H,6,9-10H2,1H3,(H,24,25). The summed E-state index contributed by atoms with van der Waals surface area (Å²) in [5, 5.41) is 7.69. The van der Waals surface area contributed by atoms with Gasteiger partial charge in [0.25, 0.3) is 0 Å². The highest BCUT2D eigenvalue weighted by atomic mass is 35.5. The zero-order valence-corrected chi connectivity index (χ0v) is 15.5. The van der Waals surface area contributed by atoms with E-state index in [0.717, 1.165) is 30.8 Å². The van der Waals surface area contributed by atoms with Crippen LogP contribution in [0.1, 0.15) is 30.6 Å². The maximum Gasteiger partial charge on any atom is 0.573 e. The molecule has 1 aromatic heterocycles. The summed E-state index contributed by atoms with van der Waals surface area (Å²) in [6.45, 7) is 4.12. The molecule has 1 saturated carbocycles. The maximum absolute atomic E-state index is 12.3. The Morgan fingerprint density at radius 2 is 2.11 bits per heavy atom. The molecule has 8 heteroatoms. The molecule has 0 spiro atoms. The zero-order valence-electron chi connectivity index (χ0n) is 14.7. The average Bonchev–Trinajstić information content (AvgIpc) is 2.95. The van der Waals surface area contributed by atoms with E-state index in [0.29, 0.717) is 22.8 Å². The lowest BCUT2D eigenvalue weighted by molar-refractivity contribution is -0.274. The van der Waals surface area contributed by atoms with Crippen molar-refractivity contribution in [1.29, 1.82) is 0 Å². The Hall–Kier alpha value is -1.73. The van der Waals surface area contributed by atoms with Crippen LogP contribution in [-0.2, 0) is 0 Å². The fourth-order valence-electron chi connectivity index (χ4n) is 4.21. The van der Waals surface area contributed by atoms with Crippen molar-refractivity contribution in [2.24, 2.45) is 17.8 Å². The van der Waals surface area contributed by atoms with Gasteiger partial charge >= 0.3 is 6.36 Å². The van der Waals surface area contributed by atoms with Crippen molar-refractivity contribution in [3.63, 3.8) is 0 Å². The number of hydrogen-bond donors (Lipinski definition) is 1. The van der Waals surface area contributed by atoms with Crippen LogP contribution in [0.4, 0.5) is 13.2 Å². The van der Waals surface area contributed by atoms with Crippen LogP contribution in [0, 0.1) is 24.2 Å². The van der Waals surface area contributed by atoms with Crippen molar-refractivity contribution in [3.05, 3.63) is 53.2 Å². The molecule has 4 nitrogen and oxygen atoms in total. The van der Waals surface area contributed by atoms with Crippen molar-refractivity contribution in [3.8, 4) is 5.75 Å². The Morgan fingerprint density at radius 1 is 1.37 bits per heavy atom. The molecule has 0 amide bonds. The second-order valence-electron chi connectivity index (χ2n) is 7.30. The quantitative estimate of drug-likeness (QED) is 0.756. The summed E-state index contributed by atoms with van der Waals surface area (Å²) >= 11 is 6.15. The SMILES string of the molecule is CC(c1n[nH]cc1Cl)N1CC2C(C[CH]c3cccc(OC(F)(F)F)c3)C2C1. The van der Waals surface area contributed by atoms with Crippen molar-refractivity contribution in [1.82, 2.24) is 15.1 Å². The molecule has 4 rings (SSSR count). The third-order valence-corrected chi connectivity index (χ3v) is 5.98. The first-order valence-electron chi connectivity index (χ1n) is 8.94. The number of hydrogen-bond acceptors (Lipinski definition) is 3. The number of H-pyrrole nitrogens is 1. The monoisotopic (exact) mass is 398 g/mol. The number of piperidine rings is 1. The number of likely N-dealkylation sites (tertiary alicyclic amines) is 1. The maximum atomic E-state index is 12.3. The van der Waals surface area contributed by atoms with Gasteiger partial charge in [-0.15, -0.1) is 13.2 Å². The smallest absolute Gasteiger partial charge is 0.406 e. The number of benzene rings is 1. The minimum atomic E-state index is -4.66. The van der Waals surface area contributed by atoms with Crippen molar-refractivity contribution < 1.29 is 17.9 Å². The number of aromatic nitrogens is 2. The van der Waals surface area contributed by atoms with Gasteiger partial charge in [0.1, 0.15) is 5.75 Å². The molecule has 1 N–H and O–H groups in total. The first kappa shape index (κ1) is 18.6. The van der Waals surface area contributed by atoms with Gasteiger partial charge in [0.2, 0.25) is 0 Å². The highest BCUT2D eigenvalue weighted by molar-refractivity contribution is 6.31. The summed E-state index contributed by atoms with van der Waals surface area (Å²) < 4.78 is 41.0. The van der Waals surface area contributed by atoms with E-state index in [9.17, 15) is 13.2 Å². The predicted octanol–water partition coefficient (Wildman–Crippen LogP) is 4.84. The molecule has 145 valence electrons. The molecule has 1 aliphatic carbocycles. The van der Waals surface area contributed by atoms with Crippen molar-refractivity contribution in [2.75, 3.05) is 13.1 Å². The highest BCUT2D eigenvalue weighted by Crippen LogP contribution is 2.55. The van der Waals surface area contributed by atoms with Crippen molar-refractivity contribution in [2.45, 2.75) is 25.7 Å². The molecule has 3 atom stereocenters. The van der Waals surface area contributed by atoms with Crippen LogP contribution in [0.15, 0.2) is 30.5 Å². The Bertz CT molecular complexity index is 797. The van der Waals surface area contributed by atoms with Crippen LogP contribution in [0.3, 0.4) is 0 Å². The van der Waals surface area contributed by atoms with Gasteiger partial charge < -0.3 is 4.74 Å². The molecule has 2 aliphatic rings. The van der Waals surface area contributed by atoms with Crippen LogP contribution in [-0.4, -0.2) is 34.5 Å². The van der Waals surface area contributed by atoms with E-state index in [2.05, 4.69) is 26.8 Å². The number of alkyl halides is 3. The summed E-state index contributed by atoms with van der Waals surface area (Å²) in [6.07, 6.45) is -0.0944. The first-order chi connectivity index (χ1) is 12.8. The summed E-state index contributed by atoms with van der Waals surface area (Å²) in [5.74, 6) is 1.69. The molecule has 2 aromatic rings. The van der Waals surface area contributed by atoms with E-state index in [4.69, 9.17) is 11.6 Å². The fraction of sp³-hybridized carbons (Fsp3) is 0.474. The van der Waals surface area contributed by atoms with Crippen molar-refractivity contribution >= 4 is 11.6 Å². The third kappa shape index (κ3) is 4.09. The lowest BCUT2D eigenvalue weighted by Gasteiger charge is -2.25. The van der Waals surface area contributed by atoms with Gasteiger partial charge in [-0.3, -0.25) is 10.00 Å². The van der Waals surface area contributed by atoms with Crippen LogP contribution in [0.2, 0.25) is 5.02 Å². The topological polar surface area (TPSA) is 41.2 Å². The largest absolute Gasteiger partial charge is 0.573 e. The Labute approximate surface area is 160 Å². The highest BCUT2D eigenvalue weighted by Gasteiger charge is 2.55. The van der Waals surface area contributed by atoms with Gasteiger partial charge in [-0.25, -0.2) is 0 Å². The molecular formula is C19H20ClF3N3O. The van der Waals surface area contributed by atoms with Gasteiger partial charge in [-0.05, 0) is 55.2 Å². The van der Waals surface area contributed by atoms with Gasteiger partial charge in [-0.2, -0.15) is 5.10 Å². The first-order valence-corrected chi connectivity index (χ1v) is 9.32. The number of nitrogens with one attached hydrogen (secondary N) is 1. The number of fused-ring (bicyclic) bond motifs is 1. The minimum Gasteiger partial charge on any atom is -0.406 e. The molecular weight excluding hydrogens is 379 g/mol. The molecule has 0 bridgehead atoms. The number of halogens is 4. The Kier molecular flexibility index (Phi) is 4.84. The summed E-state index contributed by atoms with van der Waals surface area (Å²) in [4.78, 5) is 2.39. The summed E-state index contributed by atoms with van der Waals surface area (Å²) in [5.41, 5.74) is 1.64. The van der Waals surface area contributed by atoms with E-state index in [1.165, 1.54) is 12.1 Å². The number of rotatable bonds is 6. The van der Waals surface area contributed by atoms with Crippen LogP contribution >= 0.6 is 11.6 Å². The minimum absolute atomic E-state index is 0.178. The van der Waals surface area contributed by atoms with Gasteiger partial charge in [0, 0.05) is 19.3 Å². The number of ether oxygens (including phenoxy) is 1. The van der Waals surface area contributed by atoms with Gasteiger partial charge in [-0.1, -0.05) is 23.7 Å². The normalized spacial score (nSPS) is 26.0. The van der Waals surface area contributed by atoms with E-state index in [1.54, 1.807) is 18.3 Å². The molecule has 1 aromatic carbocycles. The summed E-state index contributed by atoms with van der Waals surface area (Å²) in [6, 6.07) is 6.31. The van der Waals surface area contributed by atoms with E-state index in [-0.39, 0.29) is 11.8 Å². The number of nitrogens with zero attached hydrogens (tertiary/aromatic N) is 2. The Balaban J connectivity index is 1.27. The molecule has 1 saturated heterocycles. The van der Waals surface area contributed by atoms with Crippen LogP contribution < -0.4 is 4.74 Å². The van der Waals surface area contributed by atoms with Crippen LogP contribution in [0.25, 0.3) is 0 Å². The molecule has 2 heterocycles. The average molecular weight is 399 g/mol. The van der Waals surface area contributed by atoms with E-state index in [1.807, 2.05) is 6.42 Å². The predicted molar refractivity (Wildman–Crippen MR) is 95.2 cm³/mol. The molecule has 3 unspecified atom stereocenters. The molecule has 1 radical (unpaired) electrons. The second kappa shape index (κ2) is 7.02. The lowest BCUT2D eigenvalue weighted by Crippen LogP contribution is -2.28. The molecule has 27 heavy (non-hydrogen) atoms. The van der Waals surface area contributed by atoms with Gasteiger partial charge in [0.15, 0.2) is 0 Å². The zero-order chi connectivity index (χ0) is 19.2. The Morgan fingerprint density at radius 3 is 2.74 bits per heavy atom. The van der Waals surface area contributed by atoms with E-state index >= 15 is 0 Å².